The minimum atomic E-state index is -3.66. The van der Waals surface area contributed by atoms with Crippen molar-refractivity contribution in [3.63, 3.8) is 0 Å². The lowest BCUT2D eigenvalue weighted by Crippen LogP contribution is -2.25. The second-order valence-corrected chi connectivity index (χ2v) is 4.60. The third kappa shape index (κ3) is 2.32. The number of hydrogen-bond donors (Lipinski definition) is 1. The number of hydrogen-bond acceptors (Lipinski definition) is 4. The van der Waals surface area contributed by atoms with Crippen LogP contribution in [-0.4, -0.2) is 19.9 Å². The highest BCUT2D eigenvalue weighted by Crippen LogP contribution is 2.14. The maximum absolute atomic E-state index is 11.6. The molecule has 6 heteroatoms. The molecule has 0 aromatic carbocycles. The van der Waals surface area contributed by atoms with E-state index in [0.29, 0.717) is 5.56 Å². The molecule has 0 atom stereocenters. The van der Waals surface area contributed by atoms with Gasteiger partial charge in [-0.3, -0.25) is 0 Å². The Labute approximate surface area is 88.8 Å². The Balaban J connectivity index is 3.40. The van der Waals surface area contributed by atoms with Crippen molar-refractivity contribution in [2.75, 3.05) is 6.54 Å². The van der Waals surface area contributed by atoms with Crippen LogP contribution in [-0.2, 0) is 10.0 Å². The van der Waals surface area contributed by atoms with Crippen LogP contribution in [0.5, 0.6) is 0 Å². The van der Waals surface area contributed by atoms with Crippen molar-refractivity contribution in [2.45, 2.75) is 18.9 Å². The Hall–Kier alpha value is -1.45. The van der Waals surface area contributed by atoms with E-state index in [0.717, 1.165) is 0 Å². The summed E-state index contributed by atoms with van der Waals surface area (Å²) in [5.41, 5.74) is 0.697. The summed E-state index contributed by atoms with van der Waals surface area (Å²) in [4.78, 5) is 3.73. The highest BCUT2D eigenvalue weighted by atomic mass is 32.2. The SMILES string of the molecule is CCNS(=O)(=O)c1nccc(C)c1C#N. The van der Waals surface area contributed by atoms with Crippen LogP contribution in [0.4, 0.5) is 0 Å². The number of nitriles is 1. The quantitative estimate of drug-likeness (QED) is 0.814. The molecule has 0 saturated heterocycles. The maximum atomic E-state index is 11.6. The standard InChI is InChI=1S/C9H11N3O2S/c1-3-12-15(13,14)9-8(6-10)7(2)4-5-11-9/h4-5,12H,3H2,1-2H3. The van der Waals surface area contributed by atoms with Gasteiger partial charge in [0.05, 0.1) is 5.56 Å². The topological polar surface area (TPSA) is 82.8 Å². The number of rotatable bonds is 3. The smallest absolute Gasteiger partial charge is 0.242 e. The van der Waals surface area contributed by atoms with Gasteiger partial charge in [0.1, 0.15) is 6.07 Å². The summed E-state index contributed by atoms with van der Waals surface area (Å²) in [5.74, 6) is 0. The van der Waals surface area contributed by atoms with E-state index in [4.69, 9.17) is 5.26 Å². The Morgan fingerprint density at radius 1 is 1.60 bits per heavy atom. The van der Waals surface area contributed by atoms with Crippen molar-refractivity contribution in [2.24, 2.45) is 0 Å². The van der Waals surface area contributed by atoms with Crippen LogP contribution in [0.15, 0.2) is 17.3 Å². The van der Waals surface area contributed by atoms with Gasteiger partial charge in [0.15, 0.2) is 5.03 Å². The summed E-state index contributed by atoms with van der Waals surface area (Å²) in [6, 6.07) is 3.45. The van der Waals surface area contributed by atoms with E-state index in [2.05, 4.69) is 9.71 Å². The predicted octanol–water partition coefficient (Wildman–Crippen LogP) is 0.560. The lowest BCUT2D eigenvalue weighted by Gasteiger charge is -2.06. The van der Waals surface area contributed by atoms with Gasteiger partial charge in [0.2, 0.25) is 0 Å². The summed E-state index contributed by atoms with van der Waals surface area (Å²) in [6.07, 6.45) is 1.38. The van der Waals surface area contributed by atoms with Crippen LogP contribution in [0.2, 0.25) is 0 Å². The Kier molecular flexibility index (Phi) is 3.39. The van der Waals surface area contributed by atoms with Gasteiger partial charge >= 0.3 is 0 Å². The molecule has 0 saturated carbocycles. The third-order valence-corrected chi connectivity index (χ3v) is 3.31. The first-order chi connectivity index (χ1) is 7.03. The number of aryl methyl sites for hydroxylation is 1. The third-order valence-electron chi connectivity index (χ3n) is 1.83. The average Bonchev–Trinajstić information content (AvgIpc) is 2.17. The van der Waals surface area contributed by atoms with Gasteiger partial charge in [-0.15, -0.1) is 0 Å². The maximum Gasteiger partial charge on any atom is 0.259 e. The summed E-state index contributed by atoms with van der Waals surface area (Å²) in [6.45, 7) is 3.60. The van der Waals surface area contributed by atoms with E-state index in [1.807, 2.05) is 6.07 Å². The molecule has 1 rings (SSSR count). The molecule has 1 aromatic rings. The molecular formula is C9H11N3O2S. The van der Waals surface area contributed by atoms with E-state index >= 15 is 0 Å². The molecule has 0 aliphatic carbocycles. The van der Waals surface area contributed by atoms with E-state index < -0.39 is 10.0 Å². The second-order valence-electron chi connectivity index (χ2n) is 2.92. The number of pyridine rings is 1. The second kappa shape index (κ2) is 4.38. The number of nitrogens with zero attached hydrogens (tertiary/aromatic N) is 2. The van der Waals surface area contributed by atoms with E-state index in [1.54, 1.807) is 19.9 Å². The van der Waals surface area contributed by atoms with Gasteiger partial charge in [-0.05, 0) is 18.6 Å². The molecule has 5 nitrogen and oxygen atoms in total. The fraction of sp³-hybridized carbons (Fsp3) is 0.333. The first-order valence-electron chi connectivity index (χ1n) is 4.38. The molecule has 0 amide bonds. The molecule has 0 fully saturated rings. The fourth-order valence-electron chi connectivity index (χ4n) is 1.13. The normalized spacial score (nSPS) is 11.0. The van der Waals surface area contributed by atoms with Crippen molar-refractivity contribution < 1.29 is 8.42 Å². The summed E-state index contributed by atoms with van der Waals surface area (Å²) in [7, 11) is -3.66. The van der Waals surface area contributed by atoms with E-state index in [9.17, 15) is 8.42 Å². The zero-order chi connectivity index (χ0) is 11.5. The highest BCUT2D eigenvalue weighted by molar-refractivity contribution is 7.89. The van der Waals surface area contributed by atoms with Crippen molar-refractivity contribution in [1.82, 2.24) is 9.71 Å². The lowest BCUT2D eigenvalue weighted by atomic mass is 10.2. The number of sulfonamides is 1. The molecule has 0 bridgehead atoms. The largest absolute Gasteiger partial charge is 0.259 e. The van der Waals surface area contributed by atoms with Crippen LogP contribution < -0.4 is 4.72 Å². The van der Waals surface area contributed by atoms with Gasteiger partial charge in [0, 0.05) is 12.7 Å². The Morgan fingerprint density at radius 2 is 2.27 bits per heavy atom. The van der Waals surface area contributed by atoms with Crippen LogP contribution >= 0.6 is 0 Å². The van der Waals surface area contributed by atoms with Crippen LogP contribution in [0, 0.1) is 18.3 Å². The zero-order valence-corrected chi connectivity index (χ0v) is 9.30. The molecule has 0 radical (unpaired) electrons. The number of nitrogens with one attached hydrogen (secondary N) is 1. The minimum Gasteiger partial charge on any atom is -0.242 e. The Morgan fingerprint density at radius 3 is 2.80 bits per heavy atom. The van der Waals surface area contributed by atoms with Gasteiger partial charge in [-0.2, -0.15) is 5.26 Å². The minimum absolute atomic E-state index is 0.0958. The van der Waals surface area contributed by atoms with Crippen molar-refractivity contribution >= 4 is 10.0 Å². The molecule has 0 aliphatic rings. The molecular weight excluding hydrogens is 214 g/mol. The van der Waals surface area contributed by atoms with Crippen LogP contribution in [0.25, 0.3) is 0 Å². The van der Waals surface area contributed by atoms with Gasteiger partial charge in [-0.1, -0.05) is 6.92 Å². The van der Waals surface area contributed by atoms with Crippen LogP contribution in [0.1, 0.15) is 18.1 Å². The molecule has 1 N–H and O–H groups in total. The van der Waals surface area contributed by atoms with Crippen molar-refractivity contribution in [3.8, 4) is 6.07 Å². The predicted molar refractivity (Wildman–Crippen MR) is 54.6 cm³/mol. The average molecular weight is 225 g/mol. The summed E-state index contributed by atoms with van der Waals surface area (Å²) in [5, 5.41) is 8.65. The molecule has 80 valence electrons. The van der Waals surface area contributed by atoms with E-state index in [-0.39, 0.29) is 17.1 Å². The van der Waals surface area contributed by atoms with Gasteiger partial charge in [-0.25, -0.2) is 18.1 Å². The number of aromatic nitrogens is 1. The van der Waals surface area contributed by atoms with Gasteiger partial charge < -0.3 is 0 Å². The molecule has 15 heavy (non-hydrogen) atoms. The van der Waals surface area contributed by atoms with Gasteiger partial charge in [0.25, 0.3) is 10.0 Å². The monoisotopic (exact) mass is 225 g/mol. The first kappa shape index (κ1) is 11.6. The fourth-order valence-corrected chi connectivity index (χ4v) is 2.32. The zero-order valence-electron chi connectivity index (χ0n) is 8.48. The molecule has 1 heterocycles. The molecule has 0 unspecified atom stereocenters. The molecule has 1 aromatic heterocycles. The van der Waals surface area contributed by atoms with Crippen LogP contribution in [0.3, 0.4) is 0 Å². The van der Waals surface area contributed by atoms with Crippen molar-refractivity contribution in [1.29, 1.82) is 5.26 Å². The molecule has 0 spiro atoms. The highest BCUT2D eigenvalue weighted by Gasteiger charge is 2.20. The summed E-state index contributed by atoms with van der Waals surface area (Å²) >= 11 is 0. The Bertz CT molecular complexity index is 503. The first-order valence-corrected chi connectivity index (χ1v) is 5.86. The van der Waals surface area contributed by atoms with E-state index in [1.165, 1.54) is 6.20 Å². The van der Waals surface area contributed by atoms with Crippen molar-refractivity contribution in [3.05, 3.63) is 23.4 Å². The summed E-state index contributed by atoms with van der Waals surface area (Å²) < 4.78 is 25.6. The lowest BCUT2D eigenvalue weighted by molar-refractivity contribution is 0.579. The molecule has 0 aliphatic heterocycles.